The lowest BCUT2D eigenvalue weighted by molar-refractivity contribution is 0.0529. The van der Waals surface area contributed by atoms with Crippen LogP contribution in [0, 0.1) is 0 Å². The lowest BCUT2D eigenvalue weighted by atomic mass is 10.1. The number of alkyl carbamates (subject to hydrolysis) is 1. The van der Waals surface area contributed by atoms with Gasteiger partial charge in [0, 0.05) is 6.54 Å². The fourth-order valence-corrected chi connectivity index (χ4v) is 1.59. The maximum absolute atomic E-state index is 11.4. The minimum atomic E-state index is -0.468. The summed E-state index contributed by atoms with van der Waals surface area (Å²) < 4.78 is 5.13. The molecule has 110 valence electrons. The molecule has 0 saturated carbocycles. The highest BCUT2D eigenvalue weighted by atomic mass is 16.6. The Hall–Kier alpha value is -1.81. The number of rotatable bonds is 5. The van der Waals surface area contributed by atoms with Crippen molar-refractivity contribution in [2.75, 3.05) is 6.54 Å². The summed E-state index contributed by atoms with van der Waals surface area (Å²) in [5, 5.41) is 11.7. The van der Waals surface area contributed by atoms with E-state index in [1.165, 1.54) is 0 Å². The van der Waals surface area contributed by atoms with Crippen LogP contribution in [0.2, 0.25) is 0 Å². The lowest BCUT2D eigenvalue weighted by Crippen LogP contribution is -2.32. The SMILES string of the molecule is CC(C)(C)OC(=O)NCC/C=C/c1cccc(CO)c1. The summed E-state index contributed by atoms with van der Waals surface area (Å²) in [6, 6.07) is 7.68. The molecule has 0 saturated heterocycles. The van der Waals surface area contributed by atoms with Crippen molar-refractivity contribution in [3.05, 3.63) is 41.5 Å². The third kappa shape index (κ3) is 6.95. The molecular formula is C16H23NO3. The maximum atomic E-state index is 11.4. The summed E-state index contributed by atoms with van der Waals surface area (Å²) >= 11 is 0. The average molecular weight is 277 g/mol. The number of carbonyl (C=O) groups excluding carboxylic acids is 1. The van der Waals surface area contributed by atoms with Crippen LogP contribution in [0.1, 0.15) is 38.3 Å². The molecule has 0 aliphatic rings. The molecule has 0 aliphatic heterocycles. The number of hydrogen-bond donors (Lipinski definition) is 2. The molecule has 1 amide bonds. The topological polar surface area (TPSA) is 58.6 Å². The molecule has 0 spiro atoms. The second-order valence-electron chi connectivity index (χ2n) is 5.52. The molecule has 1 aromatic rings. The van der Waals surface area contributed by atoms with E-state index in [1.807, 2.05) is 57.2 Å². The molecule has 20 heavy (non-hydrogen) atoms. The maximum Gasteiger partial charge on any atom is 0.407 e. The molecule has 0 aliphatic carbocycles. The lowest BCUT2D eigenvalue weighted by Gasteiger charge is -2.19. The number of nitrogens with one attached hydrogen (secondary N) is 1. The molecule has 0 radical (unpaired) electrons. The Morgan fingerprint density at radius 1 is 1.40 bits per heavy atom. The largest absolute Gasteiger partial charge is 0.444 e. The fraction of sp³-hybridized carbons (Fsp3) is 0.438. The Morgan fingerprint density at radius 2 is 2.15 bits per heavy atom. The molecular weight excluding hydrogens is 254 g/mol. The molecule has 4 heteroatoms. The Morgan fingerprint density at radius 3 is 2.80 bits per heavy atom. The van der Waals surface area contributed by atoms with E-state index >= 15 is 0 Å². The van der Waals surface area contributed by atoms with Gasteiger partial charge < -0.3 is 15.2 Å². The summed E-state index contributed by atoms with van der Waals surface area (Å²) in [5.41, 5.74) is 1.46. The molecule has 0 heterocycles. The Bertz CT molecular complexity index is 461. The first-order chi connectivity index (χ1) is 9.40. The van der Waals surface area contributed by atoms with E-state index in [9.17, 15) is 4.79 Å². The second kappa shape index (κ2) is 7.70. The van der Waals surface area contributed by atoms with Gasteiger partial charge in [0.05, 0.1) is 6.61 Å². The number of aliphatic hydroxyl groups is 1. The molecule has 1 rings (SSSR count). The fourth-order valence-electron chi connectivity index (χ4n) is 1.59. The van der Waals surface area contributed by atoms with Crippen LogP contribution in [0.5, 0.6) is 0 Å². The van der Waals surface area contributed by atoms with Gasteiger partial charge in [-0.3, -0.25) is 0 Å². The third-order valence-corrected chi connectivity index (χ3v) is 2.42. The van der Waals surface area contributed by atoms with E-state index < -0.39 is 11.7 Å². The molecule has 0 atom stereocenters. The third-order valence-electron chi connectivity index (χ3n) is 2.42. The first-order valence-corrected chi connectivity index (χ1v) is 6.74. The van der Waals surface area contributed by atoms with Crippen molar-refractivity contribution in [3.8, 4) is 0 Å². The zero-order valence-electron chi connectivity index (χ0n) is 12.3. The van der Waals surface area contributed by atoms with E-state index in [0.717, 1.165) is 17.5 Å². The Kier molecular flexibility index (Phi) is 6.25. The Labute approximate surface area is 120 Å². The van der Waals surface area contributed by atoms with Gasteiger partial charge >= 0.3 is 6.09 Å². The van der Waals surface area contributed by atoms with Crippen molar-refractivity contribution < 1.29 is 14.6 Å². The highest BCUT2D eigenvalue weighted by Gasteiger charge is 2.14. The van der Waals surface area contributed by atoms with Crippen molar-refractivity contribution in [3.63, 3.8) is 0 Å². The number of hydrogen-bond acceptors (Lipinski definition) is 3. The first-order valence-electron chi connectivity index (χ1n) is 6.74. The van der Waals surface area contributed by atoms with Gasteiger partial charge in [0.2, 0.25) is 0 Å². The van der Waals surface area contributed by atoms with Crippen LogP contribution < -0.4 is 5.32 Å². The van der Waals surface area contributed by atoms with Gasteiger partial charge in [-0.2, -0.15) is 0 Å². The molecule has 1 aromatic carbocycles. The van der Waals surface area contributed by atoms with Crippen LogP contribution in [-0.2, 0) is 11.3 Å². The molecule has 0 fully saturated rings. The monoisotopic (exact) mass is 277 g/mol. The van der Waals surface area contributed by atoms with E-state index in [-0.39, 0.29) is 6.61 Å². The van der Waals surface area contributed by atoms with Crippen LogP contribution in [0.15, 0.2) is 30.3 Å². The van der Waals surface area contributed by atoms with Crippen molar-refractivity contribution in [1.29, 1.82) is 0 Å². The minimum absolute atomic E-state index is 0.0435. The van der Waals surface area contributed by atoms with Crippen LogP contribution in [0.3, 0.4) is 0 Å². The first kappa shape index (κ1) is 16.2. The van der Waals surface area contributed by atoms with Gasteiger partial charge in [0.15, 0.2) is 0 Å². The van der Waals surface area contributed by atoms with Crippen molar-refractivity contribution in [2.45, 2.75) is 39.4 Å². The minimum Gasteiger partial charge on any atom is -0.444 e. The summed E-state index contributed by atoms with van der Waals surface area (Å²) in [4.78, 5) is 11.4. The van der Waals surface area contributed by atoms with Crippen LogP contribution in [0.25, 0.3) is 6.08 Å². The number of benzene rings is 1. The van der Waals surface area contributed by atoms with E-state index in [1.54, 1.807) is 0 Å². The second-order valence-corrected chi connectivity index (χ2v) is 5.52. The molecule has 2 N–H and O–H groups in total. The molecule has 0 unspecified atom stereocenters. The van der Waals surface area contributed by atoms with Gasteiger partial charge in [-0.1, -0.05) is 30.4 Å². The van der Waals surface area contributed by atoms with Gasteiger partial charge in [-0.25, -0.2) is 4.79 Å². The van der Waals surface area contributed by atoms with E-state index in [2.05, 4.69) is 5.32 Å². The zero-order chi connectivity index (χ0) is 15.0. The highest BCUT2D eigenvalue weighted by Crippen LogP contribution is 2.08. The predicted molar refractivity (Wildman–Crippen MR) is 80.3 cm³/mol. The molecule has 0 bridgehead atoms. The zero-order valence-corrected chi connectivity index (χ0v) is 12.3. The Balaban J connectivity index is 2.30. The number of aliphatic hydroxyl groups excluding tert-OH is 1. The van der Waals surface area contributed by atoms with Gasteiger partial charge in [-0.15, -0.1) is 0 Å². The van der Waals surface area contributed by atoms with Crippen molar-refractivity contribution in [1.82, 2.24) is 5.32 Å². The summed E-state index contributed by atoms with van der Waals surface area (Å²) in [5.74, 6) is 0. The quantitative estimate of drug-likeness (QED) is 0.813. The molecule has 0 aromatic heterocycles. The standard InChI is InChI=1S/C16H23NO3/c1-16(2,3)20-15(19)17-10-5-4-7-13-8-6-9-14(11-13)12-18/h4,6-9,11,18H,5,10,12H2,1-3H3,(H,17,19)/b7-4+. The van der Waals surface area contributed by atoms with Crippen LogP contribution in [0.4, 0.5) is 4.79 Å². The predicted octanol–water partition coefficient (Wildman–Crippen LogP) is 3.11. The van der Waals surface area contributed by atoms with Crippen LogP contribution >= 0.6 is 0 Å². The highest BCUT2D eigenvalue weighted by molar-refractivity contribution is 5.67. The van der Waals surface area contributed by atoms with E-state index in [0.29, 0.717) is 6.54 Å². The van der Waals surface area contributed by atoms with Crippen molar-refractivity contribution >= 4 is 12.2 Å². The normalized spacial score (nSPS) is 11.6. The van der Waals surface area contributed by atoms with Gasteiger partial charge in [-0.05, 0) is 44.4 Å². The number of amides is 1. The molecule has 4 nitrogen and oxygen atoms in total. The number of carbonyl (C=O) groups is 1. The van der Waals surface area contributed by atoms with Gasteiger partial charge in [0.1, 0.15) is 5.60 Å². The smallest absolute Gasteiger partial charge is 0.407 e. The average Bonchev–Trinajstić information content (AvgIpc) is 2.36. The van der Waals surface area contributed by atoms with Crippen molar-refractivity contribution in [2.24, 2.45) is 0 Å². The van der Waals surface area contributed by atoms with Gasteiger partial charge in [0.25, 0.3) is 0 Å². The van der Waals surface area contributed by atoms with Crippen LogP contribution in [-0.4, -0.2) is 23.3 Å². The summed E-state index contributed by atoms with van der Waals surface area (Å²) in [6.45, 7) is 6.08. The summed E-state index contributed by atoms with van der Waals surface area (Å²) in [6.07, 6.45) is 4.28. The summed E-state index contributed by atoms with van der Waals surface area (Å²) in [7, 11) is 0. The van der Waals surface area contributed by atoms with E-state index in [4.69, 9.17) is 9.84 Å². The number of ether oxygens (including phenoxy) is 1.